The zero-order valence-electron chi connectivity index (χ0n) is 14.7. The highest BCUT2D eigenvalue weighted by molar-refractivity contribution is 9.10. The molecular weight excluding hydrogens is 426 g/mol. The van der Waals surface area contributed by atoms with Crippen molar-refractivity contribution in [1.29, 1.82) is 5.41 Å². The van der Waals surface area contributed by atoms with E-state index in [0.29, 0.717) is 5.17 Å². The topological polar surface area (TPSA) is 73.8 Å². The number of hydrogen-bond acceptors (Lipinski definition) is 4. The quantitative estimate of drug-likeness (QED) is 0.711. The molecular formula is C19H16BrN5OS. The van der Waals surface area contributed by atoms with Gasteiger partial charge < -0.3 is 4.57 Å². The molecule has 0 spiro atoms. The number of aromatic nitrogens is 1. The standard InChI is InChI=1S/C19H16BrN5OS/c1-11(2)18-23-25-16(21)15(17(26)22-19(25)27-18)10-14-4-3-9-24(14)13-7-5-12(20)6-8-13/h3-11,21H,1-2H3/b15-10+,21-16?. The number of halogens is 1. The molecule has 2 aliphatic rings. The van der Waals surface area contributed by atoms with E-state index >= 15 is 0 Å². The normalized spacial score (nSPS) is 18.2. The summed E-state index contributed by atoms with van der Waals surface area (Å²) in [5.41, 5.74) is 1.99. The summed E-state index contributed by atoms with van der Waals surface area (Å²) >= 11 is 4.78. The molecule has 0 fully saturated rings. The lowest BCUT2D eigenvalue weighted by molar-refractivity contribution is -0.114. The highest BCUT2D eigenvalue weighted by Gasteiger charge is 2.36. The summed E-state index contributed by atoms with van der Waals surface area (Å²) in [6.45, 7) is 4.05. The maximum absolute atomic E-state index is 12.5. The fraction of sp³-hybridized carbons (Fsp3) is 0.158. The Morgan fingerprint density at radius 3 is 2.67 bits per heavy atom. The van der Waals surface area contributed by atoms with E-state index in [0.717, 1.165) is 20.9 Å². The predicted octanol–water partition coefficient (Wildman–Crippen LogP) is 4.51. The van der Waals surface area contributed by atoms with E-state index in [2.05, 4.69) is 26.0 Å². The third-order valence-electron chi connectivity index (χ3n) is 4.14. The molecule has 0 saturated heterocycles. The van der Waals surface area contributed by atoms with Crippen molar-refractivity contribution in [2.45, 2.75) is 13.8 Å². The SMILES string of the molecule is CC(C)C1=NN2C(=N)/C(=C\c3cccn3-c3ccc(Br)cc3)C(=O)N=C2S1. The Hall–Kier alpha value is -2.45. The van der Waals surface area contributed by atoms with Crippen molar-refractivity contribution >= 4 is 55.7 Å². The first-order chi connectivity index (χ1) is 12.9. The van der Waals surface area contributed by atoms with Crippen LogP contribution in [0.15, 0.2) is 62.7 Å². The molecule has 3 heterocycles. The third kappa shape index (κ3) is 3.30. The van der Waals surface area contributed by atoms with Crippen LogP contribution in [0.25, 0.3) is 11.8 Å². The van der Waals surface area contributed by atoms with Crippen LogP contribution in [0.1, 0.15) is 19.5 Å². The summed E-state index contributed by atoms with van der Waals surface area (Å²) < 4.78 is 2.95. The average molecular weight is 442 g/mol. The van der Waals surface area contributed by atoms with E-state index in [9.17, 15) is 4.79 Å². The summed E-state index contributed by atoms with van der Waals surface area (Å²) in [7, 11) is 0. The number of thioether (sulfide) groups is 1. The van der Waals surface area contributed by atoms with Gasteiger partial charge in [-0.2, -0.15) is 15.1 Å². The van der Waals surface area contributed by atoms with Crippen molar-refractivity contribution in [1.82, 2.24) is 9.58 Å². The molecule has 6 nitrogen and oxygen atoms in total. The lowest BCUT2D eigenvalue weighted by atomic mass is 10.1. The summed E-state index contributed by atoms with van der Waals surface area (Å²) in [5, 5.41) is 15.7. The molecule has 2 aliphatic heterocycles. The van der Waals surface area contributed by atoms with Crippen molar-refractivity contribution in [3.8, 4) is 5.69 Å². The number of amides is 1. The molecule has 2 aromatic rings. The molecule has 0 bridgehead atoms. The van der Waals surface area contributed by atoms with Crippen LogP contribution in [0.3, 0.4) is 0 Å². The maximum Gasteiger partial charge on any atom is 0.283 e. The molecule has 1 aromatic heterocycles. The molecule has 0 unspecified atom stereocenters. The number of fused-ring (bicyclic) bond motifs is 1. The van der Waals surface area contributed by atoms with Crippen LogP contribution >= 0.6 is 27.7 Å². The number of carbonyl (C=O) groups is 1. The second-order valence-electron chi connectivity index (χ2n) is 6.39. The number of rotatable bonds is 3. The first-order valence-corrected chi connectivity index (χ1v) is 9.98. The van der Waals surface area contributed by atoms with Crippen LogP contribution in [0.5, 0.6) is 0 Å². The lowest BCUT2D eigenvalue weighted by Crippen LogP contribution is -2.35. The molecule has 1 amide bonds. The number of amidine groups is 2. The van der Waals surface area contributed by atoms with E-state index in [-0.39, 0.29) is 17.3 Å². The Bertz CT molecular complexity index is 1030. The van der Waals surface area contributed by atoms with Crippen LogP contribution in [0, 0.1) is 11.3 Å². The number of aliphatic imine (C=N–C) groups is 1. The Balaban J connectivity index is 1.72. The Morgan fingerprint density at radius 2 is 1.96 bits per heavy atom. The zero-order valence-corrected chi connectivity index (χ0v) is 17.1. The smallest absolute Gasteiger partial charge is 0.283 e. The van der Waals surface area contributed by atoms with Gasteiger partial charge >= 0.3 is 0 Å². The van der Waals surface area contributed by atoms with Gasteiger partial charge in [0, 0.05) is 28.0 Å². The number of hydrogen-bond donors (Lipinski definition) is 1. The van der Waals surface area contributed by atoms with Gasteiger partial charge in [0.25, 0.3) is 5.91 Å². The van der Waals surface area contributed by atoms with Gasteiger partial charge in [0.2, 0.25) is 5.17 Å². The van der Waals surface area contributed by atoms with Gasteiger partial charge in [-0.05, 0) is 54.2 Å². The van der Waals surface area contributed by atoms with Gasteiger partial charge in [-0.15, -0.1) is 0 Å². The highest BCUT2D eigenvalue weighted by Crippen LogP contribution is 2.31. The van der Waals surface area contributed by atoms with Gasteiger partial charge in [0.1, 0.15) is 5.04 Å². The first kappa shape index (κ1) is 17.9. The molecule has 1 N–H and O–H groups in total. The van der Waals surface area contributed by atoms with Crippen molar-refractivity contribution in [3.05, 3.63) is 58.3 Å². The summed E-state index contributed by atoms with van der Waals surface area (Å²) in [4.78, 5) is 16.7. The molecule has 0 atom stereocenters. The van der Waals surface area contributed by atoms with Gasteiger partial charge in [-0.3, -0.25) is 10.2 Å². The fourth-order valence-corrected chi connectivity index (χ4v) is 3.89. The van der Waals surface area contributed by atoms with Gasteiger partial charge in [-0.1, -0.05) is 29.8 Å². The molecule has 0 saturated carbocycles. The minimum Gasteiger partial charge on any atom is -0.317 e. The van der Waals surface area contributed by atoms with Crippen LogP contribution < -0.4 is 0 Å². The maximum atomic E-state index is 12.5. The first-order valence-electron chi connectivity index (χ1n) is 8.37. The summed E-state index contributed by atoms with van der Waals surface area (Å²) in [6, 6.07) is 11.7. The third-order valence-corrected chi connectivity index (χ3v) is 5.88. The second-order valence-corrected chi connectivity index (χ2v) is 8.30. The van der Waals surface area contributed by atoms with Gasteiger partial charge in [0.15, 0.2) is 5.84 Å². The van der Waals surface area contributed by atoms with Crippen LogP contribution in [0.2, 0.25) is 0 Å². The summed E-state index contributed by atoms with van der Waals surface area (Å²) in [6.07, 6.45) is 3.61. The van der Waals surface area contributed by atoms with Crippen LogP contribution in [0.4, 0.5) is 0 Å². The number of nitrogens with one attached hydrogen (secondary N) is 1. The Labute approximate surface area is 169 Å². The molecule has 8 heteroatoms. The second kappa shape index (κ2) is 6.94. The number of hydrazone groups is 1. The highest BCUT2D eigenvalue weighted by atomic mass is 79.9. The molecule has 1 aromatic carbocycles. The molecule has 0 radical (unpaired) electrons. The molecule has 136 valence electrons. The van der Waals surface area contributed by atoms with E-state index in [1.165, 1.54) is 16.8 Å². The number of benzene rings is 1. The van der Waals surface area contributed by atoms with Crippen molar-refractivity contribution in [3.63, 3.8) is 0 Å². The monoisotopic (exact) mass is 441 g/mol. The van der Waals surface area contributed by atoms with E-state index in [4.69, 9.17) is 5.41 Å². The van der Waals surface area contributed by atoms with E-state index < -0.39 is 5.91 Å². The summed E-state index contributed by atoms with van der Waals surface area (Å²) in [5.74, 6) is -0.146. The number of carbonyl (C=O) groups excluding carboxylic acids is 1. The number of nitrogens with zero attached hydrogens (tertiary/aromatic N) is 4. The zero-order chi connectivity index (χ0) is 19.1. The van der Waals surface area contributed by atoms with Crippen molar-refractivity contribution in [2.75, 3.05) is 0 Å². The van der Waals surface area contributed by atoms with E-state index in [1.54, 1.807) is 6.08 Å². The van der Waals surface area contributed by atoms with E-state index in [1.807, 2.05) is 61.0 Å². The molecule has 4 rings (SSSR count). The van der Waals surface area contributed by atoms with Crippen molar-refractivity contribution in [2.24, 2.45) is 16.0 Å². The van der Waals surface area contributed by atoms with Crippen molar-refractivity contribution < 1.29 is 4.79 Å². The minimum atomic E-state index is -0.414. The largest absolute Gasteiger partial charge is 0.317 e. The fourth-order valence-electron chi connectivity index (χ4n) is 2.74. The average Bonchev–Trinajstić information content (AvgIpc) is 3.26. The van der Waals surface area contributed by atoms with Gasteiger partial charge in [0.05, 0.1) is 5.57 Å². The lowest BCUT2D eigenvalue weighted by Gasteiger charge is -2.20. The minimum absolute atomic E-state index is 0.0525. The van der Waals surface area contributed by atoms with Crippen LogP contribution in [-0.4, -0.2) is 31.5 Å². The van der Waals surface area contributed by atoms with Gasteiger partial charge in [-0.25, -0.2) is 0 Å². The van der Waals surface area contributed by atoms with Crippen LogP contribution in [-0.2, 0) is 4.79 Å². The Kier molecular flexibility index (Phi) is 4.61. The molecule has 0 aliphatic carbocycles. The Morgan fingerprint density at radius 1 is 1.22 bits per heavy atom. The molecule has 27 heavy (non-hydrogen) atoms. The predicted molar refractivity (Wildman–Crippen MR) is 113 cm³/mol.